The lowest BCUT2D eigenvalue weighted by molar-refractivity contribution is 0.426. The second kappa shape index (κ2) is 7.25. The van der Waals surface area contributed by atoms with E-state index < -0.39 is 7.12 Å². The summed E-state index contributed by atoms with van der Waals surface area (Å²) in [5, 5.41) is 22.5. The molecule has 2 rings (SSSR count). The van der Waals surface area contributed by atoms with Gasteiger partial charge >= 0.3 is 7.12 Å². The molecule has 0 fully saturated rings. The molecule has 3 N–H and O–H groups in total. The van der Waals surface area contributed by atoms with Crippen molar-refractivity contribution < 1.29 is 10.0 Å². The maximum atomic E-state index is 9.22. The molecule has 7 heteroatoms. The molecule has 0 aliphatic rings. The van der Waals surface area contributed by atoms with Crippen molar-refractivity contribution in [3.05, 3.63) is 58.1 Å². The first kappa shape index (κ1) is 16.3. The summed E-state index contributed by atoms with van der Waals surface area (Å²) in [6, 6.07) is 12.3. The van der Waals surface area contributed by atoms with Crippen LogP contribution in [0.4, 0.5) is 5.69 Å². The van der Waals surface area contributed by atoms with Crippen LogP contribution in [0.15, 0.2) is 42.5 Å². The van der Waals surface area contributed by atoms with E-state index in [2.05, 4.69) is 5.32 Å². The molecule has 108 valence electrons. The van der Waals surface area contributed by atoms with Crippen molar-refractivity contribution in [2.45, 2.75) is 6.42 Å². The maximum absolute atomic E-state index is 9.22. The fourth-order valence-corrected chi connectivity index (χ4v) is 2.44. The molecule has 0 spiro atoms. The van der Waals surface area contributed by atoms with Crippen LogP contribution in [0.5, 0.6) is 0 Å². The standard InChI is InChI=1S/C14H12BCl2NO2S/c16-10-3-1-9(2-4-10)7-14(21)18-11-5-6-13(17)12(8-11)15(19)20/h1-6,8,19-20H,7H2,(H,18,21). The van der Waals surface area contributed by atoms with Crippen LogP contribution in [0.1, 0.15) is 5.56 Å². The van der Waals surface area contributed by atoms with Gasteiger partial charge in [-0.1, -0.05) is 47.6 Å². The van der Waals surface area contributed by atoms with E-state index in [0.29, 0.717) is 27.1 Å². The van der Waals surface area contributed by atoms with Crippen LogP contribution in [0.2, 0.25) is 10.0 Å². The zero-order valence-electron chi connectivity index (χ0n) is 10.9. The molecular weight excluding hydrogens is 328 g/mol. The Morgan fingerprint density at radius 3 is 2.38 bits per heavy atom. The molecule has 0 atom stereocenters. The highest BCUT2D eigenvalue weighted by Gasteiger charge is 2.15. The third-order valence-corrected chi connectivity index (χ3v) is 3.68. The second-order valence-corrected chi connectivity index (χ2v) is 5.80. The third-order valence-electron chi connectivity index (χ3n) is 2.84. The van der Waals surface area contributed by atoms with Crippen molar-refractivity contribution in [3.63, 3.8) is 0 Å². The van der Waals surface area contributed by atoms with Crippen molar-refractivity contribution in [2.75, 3.05) is 5.32 Å². The van der Waals surface area contributed by atoms with Crippen LogP contribution in [0.3, 0.4) is 0 Å². The molecule has 0 amide bonds. The van der Waals surface area contributed by atoms with Crippen LogP contribution in [-0.2, 0) is 6.42 Å². The van der Waals surface area contributed by atoms with E-state index >= 15 is 0 Å². The summed E-state index contributed by atoms with van der Waals surface area (Å²) in [6.45, 7) is 0. The van der Waals surface area contributed by atoms with Crippen molar-refractivity contribution >= 4 is 58.7 Å². The van der Waals surface area contributed by atoms with Gasteiger partial charge in [-0.25, -0.2) is 0 Å². The molecule has 2 aromatic carbocycles. The lowest BCUT2D eigenvalue weighted by Gasteiger charge is -2.11. The van der Waals surface area contributed by atoms with E-state index in [0.717, 1.165) is 5.56 Å². The second-order valence-electron chi connectivity index (χ2n) is 4.46. The summed E-state index contributed by atoms with van der Waals surface area (Å²) in [4.78, 5) is 0.609. The molecule has 0 aliphatic carbocycles. The normalized spacial score (nSPS) is 10.3. The van der Waals surface area contributed by atoms with Gasteiger partial charge in [-0.15, -0.1) is 0 Å². The minimum absolute atomic E-state index is 0.232. The number of hydrogen-bond acceptors (Lipinski definition) is 3. The Labute approximate surface area is 138 Å². The summed E-state index contributed by atoms with van der Waals surface area (Å²) < 4.78 is 0. The number of benzene rings is 2. The minimum Gasteiger partial charge on any atom is -0.423 e. The molecule has 3 nitrogen and oxygen atoms in total. The number of hydrogen-bond donors (Lipinski definition) is 3. The van der Waals surface area contributed by atoms with Gasteiger partial charge < -0.3 is 15.4 Å². The Bertz CT molecular complexity index is 650. The average molecular weight is 340 g/mol. The van der Waals surface area contributed by atoms with Crippen LogP contribution < -0.4 is 10.8 Å². The molecule has 2 aromatic rings. The molecule has 0 aliphatic heterocycles. The highest BCUT2D eigenvalue weighted by atomic mass is 35.5. The summed E-state index contributed by atoms with van der Waals surface area (Å²) in [7, 11) is -1.62. The monoisotopic (exact) mass is 339 g/mol. The summed E-state index contributed by atoms with van der Waals surface area (Å²) in [5.74, 6) is 0. The zero-order valence-corrected chi connectivity index (χ0v) is 13.2. The number of thiocarbonyl (C=S) groups is 1. The first-order valence-electron chi connectivity index (χ1n) is 6.15. The Hall–Kier alpha value is -1.11. The van der Waals surface area contributed by atoms with E-state index in [1.54, 1.807) is 18.2 Å². The van der Waals surface area contributed by atoms with Gasteiger partial charge in [0.2, 0.25) is 0 Å². The predicted molar refractivity (Wildman–Crippen MR) is 92.7 cm³/mol. The average Bonchev–Trinajstić information content (AvgIpc) is 2.43. The first-order chi connectivity index (χ1) is 9.95. The summed E-state index contributed by atoms with van der Waals surface area (Å²) in [5.41, 5.74) is 1.92. The summed E-state index contributed by atoms with van der Waals surface area (Å²) in [6.07, 6.45) is 0.562. The molecule has 0 radical (unpaired) electrons. The summed E-state index contributed by atoms with van der Waals surface area (Å²) >= 11 is 17.0. The maximum Gasteiger partial charge on any atom is 0.490 e. The Balaban J connectivity index is 2.06. The number of halogens is 2. The lowest BCUT2D eigenvalue weighted by atomic mass is 9.80. The van der Waals surface area contributed by atoms with Crippen molar-refractivity contribution in [1.82, 2.24) is 0 Å². The van der Waals surface area contributed by atoms with Crippen molar-refractivity contribution in [2.24, 2.45) is 0 Å². The quantitative estimate of drug-likeness (QED) is 0.592. The van der Waals surface area contributed by atoms with Gasteiger partial charge in [-0.2, -0.15) is 0 Å². The van der Waals surface area contributed by atoms with Gasteiger partial charge in [0, 0.05) is 27.6 Å². The fourth-order valence-electron chi connectivity index (χ4n) is 1.81. The zero-order chi connectivity index (χ0) is 15.4. The largest absolute Gasteiger partial charge is 0.490 e. The van der Waals surface area contributed by atoms with Gasteiger partial charge in [0.15, 0.2) is 0 Å². The molecule has 0 aromatic heterocycles. The Kier molecular flexibility index (Phi) is 5.61. The predicted octanol–water partition coefficient (Wildman–Crippen LogP) is 2.66. The van der Waals surface area contributed by atoms with Crippen LogP contribution in [-0.4, -0.2) is 22.2 Å². The van der Waals surface area contributed by atoms with E-state index in [9.17, 15) is 10.0 Å². The molecule has 0 saturated carbocycles. The number of nitrogens with one attached hydrogen (secondary N) is 1. The van der Waals surface area contributed by atoms with Gasteiger partial charge in [0.1, 0.15) is 0 Å². The van der Waals surface area contributed by atoms with Crippen LogP contribution in [0, 0.1) is 0 Å². The molecule has 0 saturated heterocycles. The molecule has 0 bridgehead atoms. The van der Waals surface area contributed by atoms with E-state index in [-0.39, 0.29) is 5.46 Å². The first-order valence-corrected chi connectivity index (χ1v) is 7.32. The van der Waals surface area contributed by atoms with Gasteiger partial charge in [-0.3, -0.25) is 0 Å². The number of rotatable bonds is 4. The van der Waals surface area contributed by atoms with E-state index in [4.69, 9.17) is 35.4 Å². The SMILES string of the molecule is OB(O)c1cc(NC(=S)Cc2ccc(Cl)cc2)ccc1Cl. The number of anilines is 1. The lowest BCUT2D eigenvalue weighted by Crippen LogP contribution is -2.31. The molecule has 21 heavy (non-hydrogen) atoms. The van der Waals surface area contributed by atoms with Gasteiger partial charge in [0.05, 0.1) is 4.99 Å². The van der Waals surface area contributed by atoms with Crippen molar-refractivity contribution in [1.29, 1.82) is 0 Å². The van der Waals surface area contributed by atoms with Crippen LogP contribution in [0.25, 0.3) is 0 Å². The fraction of sp³-hybridized carbons (Fsp3) is 0.0714. The third kappa shape index (κ3) is 4.69. The smallest absolute Gasteiger partial charge is 0.423 e. The highest BCUT2D eigenvalue weighted by molar-refractivity contribution is 7.80. The molecular formula is C14H12BCl2NO2S. The van der Waals surface area contributed by atoms with E-state index in [1.807, 2.05) is 24.3 Å². The van der Waals surface area contributed by atoms with Crippen molar-refractivity contribution in [3.8, 4) is 0 Å². The molecule has 0 unspecified atom stereocenters. The van der Waals surface area contributed by atoms with E-state index in [1.165, 1.54) is 0 Å². The van der Waals surface area contributed by atoms with Crippen LogP contribution >= 0.6 is 35.4 Å². The van der Waals surface area contributed by atoms with Gasteiger partial charge in [0.25, 0.3) is 0 Å². The minimum atomic E-state index is -1.62. The Morgan fingerprint density at radius 2 is 1.76 bits per heavy atom. The topological polar surface area (TPSA) is 52.5 Å². The Morgan fingerprint density at radius 1 is 1.10 bits per heavy atom. The highest BCUT2D eigenvalue weighted by Crippen LogP contribution is 2.14. The molecule has 0 heterocycles. The van der Waals surface area contributed by atoms with Gasteiger partial charge in [-0.05, 0) is 35.9 Å².